The fourth-order valence-electron chi connectivity index (χ4n) is 5.88. The molecule has 1 aromatic carbocycles. The summed E-state index contributed by atoms with van der Waals surface area (Å²) in [5.41, 5.74) is 0.121. The van der Waals surface area contributed by atoms with Crippen LogP contribution in [0.15, 0.2) is 30.3 Å². The van der Waals surface area contributed by atoms with Gasteiger partial charge < -0.3 is 10.1 Å². The molecular formula is C22H28N2O4. The Hall–Kier alpha value is -2.37. The molecule has 3 amide bonds. The van der Waals surface area contributed by atoms with Gasteiger partial charge in [0.15, 0.2) is 0 Å². The molecule has 0 radical (unpaired) electrons. The summed E-state index contributed by atoms with van der Waals surface area (Å²) in [6, 6.07) is 8.33. The van der Waals surface area contributed by atoms with E-state index in [1.54, 1.807) is 31.2 Å². The van der Waals surface area contributed by atoms with Crippen LogP contribution in [0.3, 0.4) is 0 Å². The minimum absolute atomic E-state index is 0.272. The molecule has 4 saturated carbocycles. The normalized spacial score (nSPS) is 31.1. The first kappa shape index (κ1) is 19.0. The number of nitrogens with one attached hydrogen (secondary N) is 2. The lowest BCUT2D eigenvalue weighted by Gasteiger charge is -2.55. The van der Waals surface area contributed by atoms with Gasteiger partial charge in [-0.15, -0.1) is 0 Å². The van der Waals surface area contributed by atoms with Crippen LogP contribution in [0.1, 0.15) is 57.1 Å². The molecule has 1 atom stereocenters. The largest absolute Gasteiger partial charge is 0.447 e. The molecule has 0 spiro atoms. The Labute approximate surface area is 165 Å². The van der Waals surface area contributed by atoms with Crippen LogP contribution in [0.5, 0.6) is 0 Å². The van der Waals surface area contributed by atoms with E-state index in [-0.39, 0.29) is 5.97 Å². The maximum absolute atomic E-state index is 13.3. The van der Waals surface area contributed by atoms with Gasteiger partial charge in [0.25, 0.3) is 5.91 Å². The van der Waals surface area contributed by atoms with Crippen molar-refractivity contribution >= 4 is 17.9 Å². The SMILES string of the molecule is CCNC(=O)NC(=O)[C@H](OC(=O)C12CC3CC(CC(C3)C1)C2)c1ccccc1. The molecule has 0 saturated heterocycles. The number of imide groups is 1. The highest BCUT2D eigenvalue weighted by Gasteiger charge is 2.56. The highest BCUT2D eigenvalue weighted by Crippen LogP contribution is 2.60. The van der Waals surface area contributed by atoms with Crippen LogP contribution < -0.4 is 10.6 Å². The minimum Gasteiger partial charge on any atom is -0.447 e. The van der Waals surface area contributed by atoms with Gasteiger partial charge in [0, 0.05) is 12.1 Å². The molecule has 2 N–H and O–H groups in total. The summed E-state index contributed by atoms with van der Waals surface area (Å²) in [5.74, 6) is 0.941. The van der Waals surface area contributed by atoms with Gasteiger partial charge in [0.1, 0.15) is 0 Å². The van der Waals surface area contributed by atoms with Gasteiger partial charge in [0.2, 0.25) is 6.10 Å². The van der Waals surface area contributed by atoms with E-state index < -0.39 is 23.5 Å². The molecule has 1 aromatic rings. The van der Waals surface area contributed by atoms with Crippen molar-refractivity contribution in [3.63, 3.8) is 0 Å². The molecule has 0 unspecified atom stereocenters. The number of hydrogen-bond donors (Lipinski definition) is 2. The summed E-state index contributed by atoms with van der Waals surface area (Å²) in [7, 11) is 0. The van der Waals surface area contributed by atoms with Gasteiger partial charge in [-0.2, -0.15) is 0 Å². The van der Waals surface area contributed by atoms with Crippen molar-refractivity contribution in [1.29, 1.82) is 0 Å². The molecular weight excluding hydrogens is 356 g/mol. The van der Waals surface area contributed by atoms with Crippen LogP contribution in [0, 0.1) is 23.2 Å². The lowest BCUT2D eigenvalue weighted by Crippen LogP contribution is -2.51. The number of ether oxygens (including phenoxy) is 1. The number of rotatable bonds is 5. The Morgan fingerprint density at radius 1 is 1.04 bits per heavy atom. The van der Waals surface area contributed by atoms with Crippen LogP contribution in [0.4, 0.5) is 4.79 Å². The minimum atomic E-state index is -1.12. The highest BCUT2D eigenvalue weighted by atomic mass is 16.5. The first-order valence-corrected chi connectivity index (χ1v) is 10.3. The first-order valence-electron chi connectivity index (χ1n) is 10.3. The molecule has 6 nitrogen and oxygen atoms in total. The quantitative estimate of drug-likeness (QED) is 0.763. The smallest absolute Gasteiger partial charge is 0.321 e. The fraction of sp³-hybridized carbons (Fsp3) is 0.591. The van der Waals surface area contributed by atoms with E-state index in [0.717, 1.165) is 19.3 Å². The van der Waals surface area contributed by atoms with Crippen LogP contribution >= 0.6 is 0 Å². The molecule has 4 fully saturated rings. The predicted molar refractivity (Wildman–Crippen MR) is 103 cm³/mol. The number of benzene rings is 1. The average molecular weight is 384 g/mol. The number of carbonyl (C=O) groups excluding carboxylic acids is 3. The van der Waals surface area contributed by atoms with E-state index >= 15 is 0 Å². The van der Waals surface area contributed by atoms with Crippen molar-refractivity contribution in [1.82, 2.24) is 10.6 Å². The number of hydrogen-bond acceptors (Lipinski definition) is 4. The van der Waals surface area contributed by atoms with E-state index in [9.17, 15) is 14.4 Å². The number of urea groups is 1. The van der Waals surface area contributed by atoms with Crippen LogP contribution in [0.2, 0.25) is 0 Å². The van der Waals surface area contributed by atoms with E-state index in [1.165, 1.54) is 19.3 Å². The summed E-state index contributed by atoms with van der Waals surface area (Å²) < 4.78 is 5.83. The van der Waals surface area contributed by atoms with Gasteiger partial charge in [-0.05, 0) is 63.2 Å². The molecule has 5 rings (SSSR count). The fourth-order valence-corrected chi connectivity index (χ4v) is 5.88. The van der Waals surface area contributed by atoms with E-state index in [1.807, 2.05) is 6.07 Å². The lowest BCUT2D eigenvalue weighted by molar-refractivity contribution is -0.179. The third kappa shape index (κ3) is 3.64. The summed E-state index contributed by atoms with van der Waals surface area (Å²) in [6.45, 7) is 2.17. The molecule has 4 bridgehead atoms. The second-order valence-corrected chi connectivity index (χ2v) is 8.74. The molecule has 4 aliphatic rings. The van der Waals surface area contributed by atoms with Gasteiger partial charge in [-0.3, -0.25) is 14.9 Å². The van der Waals surface area contributed by atoms with Crippen molar-refractivity contribution in [3.8, 4) is 0 Å². The second-order valence-electron chi connectivity index (χ2n) is 8.74. The maximum atomic E-state index is 13.3. The monoisotopic (exact) mass is 384 g/mol. The third-order valence-corrected chi connectivity index (χ3v) is 6.61. The maximum Gasteiger partial charge on any atom is 0.321 e. The first-order chi connectivity index (χ1) is 13.5. The van der Waals surface area contributed by atoms with Gasteiger partial charge in [-0.1, -0.05) is 30.3 Å². The van der Waals surface area contributed by atoms with Crippen LogP contribution in [-0.4, -0.2) is 24.5 Å². The standard InChI is InChI=1S/C22H28N2O4/c1-2-23-21(27)24-19(25)18(17-6-4-3-5-7-17)28-20(26)22-11-14-8-15(12-22)10-16(9-14)13-22/h3-7,14-16,18H,2,8-13H2,1H3,(H2,23,24,25,27)/t14?,15?,16?,18-,22?/m1/s1. The lowest BCUT2D eigenvalue weighted by atomic mass is 9.49. The zero-order chi connectivity index (χ0) is 19.7. The Morgan fingerprint density at radius 3 is 2.14 bits per heavy atom. The van der Waals surface area contributed by atoms with Crippen LogP contribution in [-0.2, 0) is 14.3 Å². The van der Waals surface area contributed by atoms with E-state index in [4.69, 9.17) is 4.74 Å². The summed E-state index contributed by atoms with van der Waals surface area (Å²) >= 11 is 0. The third-order valence-electron chi connectivity index (χ3n) is 6.61. The Morgan fingerprint density at radius 2 is 1.61 bits per heavy atom. The molecule has 150 valence electrons. The van der Waals surface area contributed by atoms with Crippen molar-refractivity contribution in [2.75, 3.05) is 6.54 Å². The summed E-state index contributed by atoms with van der Waals surface area (Å²) in [6.07, 6.45) is 5.18. The molecule has 28 heavy (non-hydrogen) atoms. The zero-order valence-electron chi connectivity index (χ0n) is 16.3. The summed E-state index contributed by atoms with van der Waals surface area (Å²) in [5, 5.41) is 4.83. The van der Waals surface area contributed by atoms with Crippen molar-refractivity contribution in [2.24, 2.45) is 23.2 Å². The number of carbonyl (C=O) groups is 3. The molecule has 0 aliphatic heterocycles. The summed E-state index contributed by atoms with van der Waals surface area (Å²) in [4.78, 5) is 37.8. The van der Waals surface area contributed by atoms with Crippen molar-refractivity contribution in [2.45, 2.75) is 51.6 Å². The molecule has 0 heterocycles. The number of amides is 3. The number of esters is 1. The van der Waals surface area contributed by atoms with E-state index in [0.29, 0.717) is 29.9 Å². The predicted octanol–water partition coefficient (Wildman–Crippen LogP) is 3.33. The Bertz CT molecular complexity index is 726. The topological polar surface area (TPSA) is 84.5 Å². The van der Waals surface area contributed by atoms with Gasteiger partial charge in [-0.25, -0.2) is 4.79 Å². The van der Waals surface area contributed by atoms with Gasteiger partial charge in [0.05, 0.1) is 5.41 Å². The van der Waals surface area contributed by atoms with Crippen molar-refractivity contribution in [3.05, 3.63) is 35.9 Å². The van der Waals surface area contributed by atoms with Gasteiger partial charge >= 0.3 is 12.0 Å². The Kier molecular flexibility index (Phi) is 5.13. The highest BCUT2D eigenvalue weighted by molar-refractivity contribution is 5.98. The van der Waals surface area contributed by atoms with E-state index in [2.05, 4.69) is 10.6 Å². The van der Waals surface area contributed by atoms with Crippen LogP contribution in [0.25, 0.3) is 0 Å². The molecule has 4 aliphatic carbocycles. The second kappa shape index (κ2) is 7.57. The molecule has 6 heteroatoms. The molecule has 0 aromatic heterocycles. The zero-order valence-corrected chi connectivity index (χ0v) is 16.3. The van der Waals surface area contributed by atoms with Crippen molar-refractivity contribution < 1.29 is 19.1 Å². The average Bonchev–Trinajstić information content (AvgIpc) is 2.65. The Balaban J connectivity index is 1.53.